The van der Waals surface area contributed by atoms with Crippen molar-refractivity contribution in [1.82, 2.24) is 5.32 Å². The predicted octanol–water partition coefficient (Wildman–Crippen LogP) is 2.75. The summed E-state index contributed by atoms with van der Waals surface area (Å²) in [6.07, 6.45) is 5.57. The van der Waals surface area contributed by atoms with Gasteiger partial charge in [-0.3, -0.25) is 0 Å². The largest absolute Gasteiger partial charge is 0.310 e. The van der Waals surface area contributed by atoms with Gasteiger partial charge in [0.05, 0.1) is 0 Å². The van der Waals surface area contributed by atoms with Crippen LogP contribution in [0, 0.1) is 0 Å². The van der Waals surface area contributed by atoms with E-state index in [-0.39, 0.29) is 0 Å². The van der Waals surface area contributed by atoms with Crippen molar-refractivity contribution in [1.29, 1.82) is 0 Å². The Morgan fingerprint density at radius 2 is 2.23 bits per heavy atom. The van der Waals surface area contributed by atoms with Crippen LogP contribution < -0.4 is 5.32 Å². The molecule has 0 aliphatic heterocycles. The van der Waals surface area contributed by atoms with E-state index < -0.39 is 0 Å². The topological polar surface area (TPSA) is 12.0 Å². The fourth-order valence-electron chi connectivity index (χ4n) is 1.88. The van der Waals surface area contributed by atoms with Crippen LogP contribution in [0.3, 0.4) is 0 Å². The van der Waals surface area contributed by atoms with Gasteiger partial charge in [0, 0.05) is 6.04 Å². The van der Waals surface area contributed by atoms with Crippen LogP contribution in [0.25, 0.3) is 6.08 Å². The summed E-state index contributed by atoms with van der Waals surface area (Å²) < 4.78 is 0. The summed E-state index contributed by atoms with van der Waals surface area (Å²) in [4.78, 5) is 0. The number of hydrogen-bond donors (Lipinski definition) is 1. The fraction of sp³-hybridized carbons (Fsp3) is 0.333. The van der Waals surface area contributed by atoms with Gasteiger partial charge in [0.1, 0.15) is 0 Å². The first-order chi connectivity index (χ1) is 6.42. The first-order valence-electron chi connectivity index (χ1n) is 4.90. The smallest absolute Gasteiger partial charge is 0.0360 e. The second-order valence-corrected chi connectivity index (χ2v) is 3.38. The maximum absolute atomic E-state index is 3.49. The van der Waals surface area contributed by atoms with E-state index in [1.54, 1.807) is 0 Å². The van der Waals surface area contributed by atoms with Crippen LogP contribution in [0.4, 0.5) is 0 Å². The average Bonchev–Trinajstić information content (AvgIpc) is 2.19. The number of hydrogen-bond acceptors (Lipinski definition) is 1. The van der Waals surface area contributed by atoms with Gasteiger partial charge in [0.15, 0.2) is 0 Å². The first-order valence-corrected chi connectivity index (χ1v) is 4.90. The summed E-state index contributed by atoms with van der Waals surface area (Å²) in [7, 11) is 0. The molecule has 1 aromatic carbocycles. The zero-order chi connectivity index (χ0) is 9.10. The second-order valence-electron chi connectivity index (χ2n) is 3.38. The summed E-state index contributed by atoms with van der Waals surface area (Å²) in [6, 6.07) is 9.12. The molecule has 1 nitrogen and oxygen atoms in total. The van der Waals surface area contributed by atoms with E-state index in [9.17, 15) is 0 Å². The van der Waals surface area contributed by atoms with Crippen LogP contribution in [-0.4, -0.2) is 6.54 Å². The monoisotopic (exact) mass is 173 g/mol. The normalized spacial score (nSPS) is 19.9. The van der Waals surface area contributed by atoms with Crippen LogP contribution in [-0.2, 0) is 0 Å². The molecule has 1 heteroatoms. The van der Waals surface area contributed by atoms with Gasteiger partial charge in [-0.25, -0.2) is 0 Å². The van der Waals surface area contributed by atoms with E-state index in [2.05, 4.69) is 48.7 Å². The average molecular weight is 173 g/mol. The lowest BCUT2D eigenvalue weighted by molar-refractivity contribution is 0.555. The van der Waals surface area contributed by atoms with Crippen molar-refractivity contribution < 1.29 is 0 Å². The quantitative estimate of drug-likeness (QED) is 0.725. The maximum Gasteiger partial charge on any atom is 0.0360 e. The van der Waals surface area contributed by atoms with Gasteiger partial charge in [0.2, 0.25) is 0 Å². The molecule has 1 aliphatic rings. The van der Waals surface area contributed by atoms with Crippen molar-refractivity contribution in [3.63, 3.8) is 0 Å². The molecular weight excluding hydrogens is 158 g/mol. The van der Waals surface area contributed by atoms with E-state index in [1.165, 1.54) is 11.1 Å². The minimum Gasteiger partial charge on any atom is -0.310 e. The minimum absolute atomic E-state index is 0.520. The Bertz CT molecular complexity index is 315. The number of benzene rings is 1. The number of rotatable bonds is 2. The molecule has 1 N–H and O–H groups in total. The van der Waals surface area contributed by atoms with E-state index in [4.69, 9.17) is 0 Å². The van der Waals surface area contributed by atoms with Crippen LogP contribution >= 0.6 is 0 Å². The SMILES string of the molecule is CCNC1CC=Cc2ccccc21. The molecule has 0 heterocycles. The zero-order valence-electron chi connectivity index (χ0n) is 7.96. The molecule has 0 saturated carbocycles. The molecule has 1 aromatic rings. The molecule has 1 atom stereocenters. The van der Waals surface area contributed by atoms with Crippen molar-refractivity contribution in [2.24, 2.45) is 0 Å². The Kier molecular flexibility index (Phi) is 2.46. The Balaban J connectivity index is 2.32. The van der Waals surface area contributed by atoms with Crippen molar-refractivity contribution in [3.8, 4) is 0 Å². The highest BCUT2D eigenvalue weighted by molar-refractivity contribution is 5.57. The van der Waals surface area contributed by atoms with E-state index in [1.807, 2.05) is 0 Å². The van der Waals surface area contributed by atoms with Gasteiger partial charge in [-0.2, -0.15) is 0 Å². The lowest BCUT2D eigenvalue weighted by Gasteiger charge is -2.22. The van der Waals surface area contributed by atoms with Crippen molar-refractivity contribution in [2.45, 2.75) is 19.4 Å². The summed E-state index contributed by atoms with van der Waals surface area (Å²) in [5, 5.41) is 3.49. The van der Waals surface area contributed by atoms with Crippen LogP contribution in [0.1, 0.15) is 30.5 Å². The van der Waals surface area contributed by atoms with Gasteiger partial charge in [0.25, 0.3) is 0 Å². The van der Waals surface area contributed by atoms with E-state index in [0.29, 0.717) is 6.04 Å². The third-order valence-electron chi connectivity index (χ3n) is 2.49. The van der Waals surface area contributed by atoms with Gasteiger partial charge in [-0.05, 0) is 24.1 Å². The zero-order valence-corrected chi connectivity index (χ0v) is 7.96. The van der Waals surface area contributed by atoms with Crippen molar-refractivity contribution in [3.05, 3.63) is 41.5 Å². The number of fused-ring (bicyclic) bond motifs is 1. The second kappa shape index (κ2) is 3.75. The van der Waals surface area contributed by atoms with Crippen molar-refractivity contribution in [2.75, 3.05) is 6.54 Å². The van der Waals surface area contributed by atoms with Crippen LogP contribution in [0.15, 0.2) is 30.3 Å². The molecule has 0 amide bonds. The molecule has 1 aliphatic carbocycles. The predicted molar refractivity (Wildman–Crippen MR) is 56.5 cm³/mol. The van der Waals surface area contributed by atoms with Crippen LogP contribution in [0.2, 0.25) is 0 Å². The molecule has 0 bridgehead atoms. The molecule has 68 valence electrons. The molecular formula is C12H15N. The van der Waals surface area contributed by atoms with Gasteiger partial charge < -0.3 is 5.32 Å². The van der Waals surface area contributed by atoms with Crippen molar-refractivity contribution >= 4 is 6.08 Å². The maximum atomic E-state index is 3.49. The molecule has 0 radical (unpaired) electrons. The fourth-order valence-corrected chi connectivity index (χ4v) is 1.88. The lowest BCUT2D eigenvalue weighted by Crippen LogP contribution is -2.22. The third-order valence-corrected chi connectivity index (χ3v) is 2.49. The molecule has 2 rings (SSSR count). The summed E-state index contributed by atoms with van der Waals surface area (Å²) in [5.41, 5.74) is 2.80. The van der Waals surface area contributed by atoms with E-state index >= 15 is 0 Å². The summed E-state index contributed by atoms with van der Waals surface area (Å²) in [5.74, 6) is 0. The van der Waals surface area contributed by atoms with Gasteiger partial charge >= 0.3 is 0 Å². The Labute approximate surface area is 79.5 Å². The van der Waals surface area contributed by atoms with Gasteiger partial charge in [-0.1, -0.05) is 43.3 Å². The highest BCUT2D eigenvalue weighted by Crippen LogP contribution is 2.26. The number of nitrogens with one attached hydrogen (secondary N) is 1. The summed E-state index contributed by atoms with van der Waals surface area (Å²) >= 11 is 0. The third kappa shape index (κ3) is 1.65. The lowest BCUT2D eigenvalue weighted by atomic mass is 9.93. The molecule has 13 heavy (non-hydrogen) atoms. The molecule has 0 aromatic heterocycles. The Morgan fingerprint density at radius 1 is 1.38 bits per heavy atom. The minimum atomic E-state index is 0.520. The highest BCUT2D eigenvalue weighted by Gasteiger charge is 2.14. The Morgan fingerprint density at radius 3 is 3.08 bits per heavy atom. The van der Waals surface area contributed by atoms with Gasteiger partial charge in [-0.15, -0.1) is 0 Å². The van der Waals surface area contributed by atoms with E-state index in [0.717, 1.165) is 13.0 Å². The summed E-state index contributed by atoms with van der Waals surface area (Å²) in [6.45, 7) is 3.19. The molecule has 0 spiro atoms. The highest BCUT2D eigenvalue weighted by atomic mass is 14.9. The van der Waals surface area contributed by atoms with Crippen LogP contribution in [0.5, 0.6) is 0 Å². The molecule has 1 unspecified atom stereocenters. The first kappa shape index (κ1) is 8.52. The standard InChI is InChI=1S/C12H15N/c1-2-13-12-9-5-7-10-6-3-4-8-11(10)12/h3-8,12-13H,2,9H2,1H3. The molecule has 0 saturated heterocycles. The molecule has 0 fully saturated rings. The Hall–Kier alpha value is -1.08.